The van der Waals surface area contributed by atoms with E-state index in [0.29, 0.717) is 69.4 Å². The summed E-state index contributed by atoms with van der Waals surface area (Å²) >= 11 is 0. The lowest BCUT2D eigenvalue weighted by Gasteiger charge is -2.10. The SMILES string of the molecule is CCCCCCCCCOc1ccc(OC)c2[nH]c(-c3[nH]c4c(OC)ccc(OCCCCCCCCC)c4c3O)c(O)c12. The number of unbranched alkanes of at least 4 members (excludes halogenated alkanes) is 12. The van der Waals surface area contributed by atoms with Gasteiger partial charge in [0.25, 0.3) is 0 Å². The smallest absolute Gasteiger partial charge is 0.154 e. The van der Waals surface area contributed by atoms with E-state index < -0.39 is 0 Å². The molecule has 2 aromatic carbocycles. The van der Waals surface area contributed by atoms with Gasteiger partial charge in [-0.2, -0.15) is 0 Å². The zero-order valence-corrected chi connectivity index (χ0v) is 27.2. The summed E-state index contributed by atoms with van der Waals surface area (Å²) in [5.74, 6) is 2.21. The topological polar surface area (TPSA) is 109 Å². The Bertz CT molecular complexity index is 1350. The van der Waals surface area contributed by atoms with E-state index in [0.717, 1.165) is 25.7 Å². The predicted molar refractivity (Wildman–Crippen MR) is 179 cm³/mol. The summed E-state index contributed by atoms with van der Waals surface area (Å²) in [6.45, 7) is 5.57. The minimum absolute atomic E-state index is 0.0279. The van der Waals surface area contributed by atoms with E-state index in [9.17, 15) is 10.2 Å². The quantitative estimate of drug-likeness (QED) is 0.0701. The highest BCUT2D eigenvalue weighted by Gasteiger charge is 2.26. The van der Waals surface area contributed by atoms with Crippen molar-refractivity contribution < 1.29 is 29.2 Å². The number of hydrogen-bond acceptors (Lipinski definition) is 6. The third kappa shape index (κ3) is 7.88. The van der Waals surface area contributed by atoms with Crippen molar-refractivity contribution in [3.05, 3.63) is 24.3 Å². The highest BCUT2D eigenvalue weighted by atomic mass is 16.5. The standard InChI is InChI=1S/C36H52N2O6/c1-5-7-9-11-13-15-17-23-43-25-19-21-27(41-3)31-29(25)35(39)33(37-31)34-36(40)30-26(20-22-28(42-4)32(30)38-34)44-24-18-16-14-12-10-8-6-2/h19-22,37-40H,5-18,23-24H2,1-4H3. The van der Waals surface area contributed by atoms with Crippen molar-refractivity contribution in [1.82, 2.24) is 9.97 Å². The minimum atomic E-state index is -0.0279. The Labute approximate surface area is 262 Å². The van der Waals surface area contributed by atoms with Gasteiger partial charge in [-0.1, -0.05) is 90.9 Å². The number of ether oxygens (including phenoxy) is 4. The van der Waals surface area contributed by atoms with Crippen LogP contribution in [-0.4, -0.2) is 47.6 Å². The molecule has 0 saturated carbocycles. The molecule has 0 unspecified atom stereocenters. The predicted octanol–water partition coefficient (Wildman–Crippen LogP) is 10.0. The first-order valence-electron chi connectivity index (χ1n) is 16.6. The number of aromatic amines is 2. The minimum Gasteiger partial charge on any atom is -0.505 e. The lowest BCUT2D eigenvalue weighted by molar-refractivity contribution is 0.306. The van der Waals surface area contributed by atoms with Gasteiger partial charge in [0.2, 0.25) is 0 Å². The molecule has 0 radical (unpaired) electrons. The number of fused-ring (bicyclic) bond motifs is 2. The van der Waals surface area contributed by atoms with Crippen molar-refractivity contribution in [3.8, 4) is 45.9 Å². The Balaban J connectivity index is 1.56. The number of aromatic hydroxyl groups is 2. The van der Waals surface area contributed by atoms with Crippen molar-refractivity contribution in [1.29, 1.82) is 0 Å². The molecule has 4 rings (SSSR count). The molecule has 0 saturated heterocycles. The summed E-state index contributed by atoms with van der Waals surface area (Å²) in [4.78, 5) is 6.56. The van der Waals surface area contributed by atoms with Gasteiger partial charge in [0.1, 0.15) is 34.4 Å². The third-order valence-electron chi connectivity index (χ3n) is 8.41. The van der Waals surface area contributed by atoms with Crippen molar-refractivity contribution in [2.75, 3.05) is 27.4 Å². The largest absolute Gasteiger partial charge is 0.505 e. The van der Waals surface area contributed by atoms with Gasteiger partial charge in [-0.3, -0.25) is 0 Å². The number of nitrogens with one attached hydrogen (secondary N) is 2. The zero-order valence-electron chi connectivity index (χ0n) is 27.2. The maximum Gasteiger partial charge on any atom is 0.154 e. The molecule has 0 spiro atoms. The molecule has 0 amide bonds. The fourth-order valence-corrected chi connectivity index (χ4v) is 5.89. The second-order valence-corrected chi connectivity index (χ2v) is 11.7. The second kappa shape index (κ2) is 17.0. The maximum atomic E-state index is 11.5. The monoisotopic (exact) mass is 608 g/mol. The molecule has 0 aliphatic rings. The number of aromatic nitrogens is 2. The maximum absolute atomic E-state index is 11.5. The van der Waals surface area contributed by atoms with Gasteiger partial charge in [-0.05, 0) is 37.1 Å². The number of methoxy groups -OCH3 is 2. The van der Waals surface area contributed by atoms with Crippen LogP contribution < -0.4 is 18.9 Å². The van der Waals surface area contributed by atoms with E-state index in [2.05, 4.69) is 23.8 Å². The van der Waals surface area contributed by atoms with Crippen LogP contribution in [0.1, 0.15) is 104 Å². The number of H-pyrrole nitrogens is 2. The van der Waals surface area contributed by atoms with Gasteiger partial charge in [0, 0.05) is 0 Å². The Morgan fingerprint density at radius 2 is 0.841 bits per heavy atom. The van der Waals surface area contributed by atoms with Crippen molar-refractivity contribution in [3.63, 3.8) is 0 Å². The van der Waals surface area contributed by atoms with E-state index in [4.69, 9.17) is 18.9 Å². The molecule has 44 heavy (non-hydrogen) atoms. The van der Waals surface area contributed by atoms with Crippen LogP contribution in [0.4, 0.5) is 0 Å². The van der Waals surface area contributed by atoms with E-state index in [-0.39, 0.29) is 11.5 Å². The Hall–Kier alpha value is -3.68. The fourth-order valence-electron chi connectivity index (χ4n) is 5.89. The summed E-state index contributed by atoms with van der Waals surface area (Å²) in [5, 5.41) is 24.1. The van der Waals surface area contributed by atoms with E-state index in [1.807, 2.05) is 24.3 Å². The highest BCUT2D eigenvalue weighted by Crippen LogP contribution is 2.50. The van der Waals surface area contributed by atoms with Gasteiger partial charge in [0.05, 0.1) is 49.2 Å². The van der Waals surface area contributed by atoms with Gasteiger partial charge in [-0.25, -0.2) is 0 Å². The van der Waals surface area contributed by atoms with E-state index in [1.54, 1.807) is 14.2 Å². The molecule has 4 N–H and O–H groups in total. The van der Waals surface area contributed by atoms with Crippen LogP contribution in [0.25, 0.3) is 33.2 Å². The molecule has 242 valence electrons. The van der Waals surface area contributed by atoms with Crippen LogP contribution in [0.3, 0.4) is 0 Å². The summed E-state index contributed by atoms with van der Waals surface area (Å²) in [6.07, 6.45) is 16.7. The average Bonchev–Trinajstić information content (AvgIpc) is 3.57. The van der Waals surface area contributed by atoms with Gasteiger partial charge in [-0.15, -0.1) is 0 Å². The zero-order chi connectivity index (χ0) is 31.3. The molecule has 0 fully saturated rings. The lowest BCUT2D eigenvalue weighted by atomic mass is 10.1. The molecule has 0 atom stereocenters. The van der Waals surface area contributed by atoms with E-state index >= 15 is 0 Å². The van der Waals surface area contributed by atoms with Crippen LogP contribution in [0.5, 0.6) is 34.5 Å². The highest BCUT2D eigenvalue weighted by molar-refractivity contribution is 6.06. The summed E-state index contributed by atoms with van der Waals surface area (Å²) in [7, 11) is 3.18. The van der Waals surface area contributed by atoms with Crippen LogP contribution in [-0.2, 0) is 0 Å². The van der Waals surface area contributed by atoms with Gasteiger partial charge >= 0.3 is 0 Å². The molecule has 0 bridgehead atoms. The molecule has 0 aliphatic carbocycles. The fraction of sp³-hybridized carbons (Fsp3) is 0.556. The molecule has 8 nitrogen and oxygen atoms in total. The van der Waals surface area contributed by atoms with Gasteiger partial charge in [0.15, 0.2) is 11.5 Å². The molecular weight excluding hydrogens is 556 g/mol. The Morgan fingerprint density at radius 3 is 1.20 bits per heavy atom. The Morgan fingerprint density at radius 1 is 0.500 bits per heavy atom. The Kier molecular flexibility index (Phi) is 12.8. The third-order valence-corrected chi connectivity index (χ3v) is 8.41. The van der Waals surface area contributed by atoms with Crippen LogP contribution in [0, 0.1) is 0 Å². The van der Waals surface area contributed by atoms with Crippen LogP contribution >= 0.6 is 0 Å². The van der Waals surface area contributed by atoms with Gasteiger partial charge < -0.3 is 39.1 Å². The van der Waals surface area contributed by atoms with Crippen LogP contribution in [0.2, 0.25) is 0 Å². The van der Waals surface area contributed by atoms with E-state index in [1.165, 1.54) is 64.2 Å². The van der Waals surface area contributed by atoms with Crippen molar-refractivity contribution in [2.45, 2.75) is 104 Å². The summed E-state index contributed by atoms with van der Waals surface area (Å²) < 4.78 is 23.5. The van der Waals surface area contributed by atoms with Crippen molar-refractivity contribution in [2.24, 2.45) is 0 Å². The summed E-state index contributed by atoms with van der Waals surface area (Å²) in [5.41, 5.74) is 1.85. The lowest BCUT2D eigenvalue weighted by Crippen LogP contribution is -1.98. The number of rotatable bonds is 21. The molecule has 8 heteroatoms. The van der Waals surface area contributed by atoms with Crippen molar-refractivity contribution >= 4 is 21.8 Å². The summed E-state index contributed by atoms with van der Waals surface area (Å²) in [6, 6.07) is 7.30. The first-order valence-corrected chi connectivity index (χ1v) is 16.6. The molecule has 2 heterocycles. The molecular formula is C36H52N2O6. The second-order valence-electron chi connectivity index (χ2n) is 11.7. The average molecular weight is 609 g/mol. The molecule has 2 aromatic heterocycles. The molecule has 0 aliphatic heterocycles. The number of hydrogen-bond donors (Lipinski definition) is 4. The molecule has 4 aromatic rings. The number of benzene rings is 2. The first-order chi connectivity index (χ1) is 21.5. The normalized spacial score (nSPS) is 11.5. The first kappa shape index (κ1) is 33.2. The van der Waals surface area contributed by atoms with Crippen LogP contribution in [0.15, 0.2) is 24.3 Å².